The van der Waals surface area contributed by atoms with Gasteiger partial charge >= 0.3 is 0 Å². The number of nitrogens with one attached hydrogen (secondary N) is 1. The third-order valence-corrected chi connectivity index (χ3v) is 3.21. The third-order valence-electron chi connectivity index (χ3n) is 1.84. The molecule has 0 unspecified atom stereocenters. The highest BCUT2D eigenvalue weighted by molar-refractivity contribution is 9.10. The summed E-state index contributed by atoms with van der Waals surface area (Å²) in [7, 11) is 0. The summed E-state index contributed by atoms with van der Waals surface area (Å²) in [5.74, 6) is 0.153. The number of thiazole rings is 1. The van der Waals surface area contributed by atoms with E-state index in [4.69, 9.17) is 5.73 Å². The zero-order valence-corrected chi connectivity index (χ0v) is 10.9. The Hall–Kier alpha value is -1.47. The normalized spacial score (nSPS) is 10.9. The van der Waals surface area contributed by atoms with E-state index >= 15 is 0 Å². The molecule has 0 aliphatic rings. The highest BCUT2D eigenvalue weighted by Gasteiger charge is 1.98. The first kappa shape index (κ1) is 12.0. The van der Waals surface area contributed by atoms with Crippen LogP contribution in [0, 0.1) is 5.82 Å². The van der Waals surface area contributed by atoms with Crippen molar-refractivity contribution < 1.29 is 4.39 Å². The van der Waals surface area contributed by atoms with Gasteiger partial charge in [0.15, 0.2) is 0 Å². The molecular weight excluding hydrogens is 307 g/mol. The summed E-state index contributed by atoms with van der Waals surface area (Å²) in [5.41, 5.74) is 8.97. The van der Waals surface area contributed by atoms with Gasteiger partial charge in [0.2, 0.25) is 5.13 Å². The number of hydrogen-bond acceptors (Lipinski definition) is 5. The molecule has 0 atom stereocenters. The van der Waals surface area contributed by atoms with Gasteiger partial charge in [0.05, 0.1) is 10.7 Å². The molecular formula is C10H8BrFN4S. The highest BCUT2D eigenvalue weighted by atomic mass is 79.9. The number of halogens is 2. The van der Waals surface area contributed by atoms with E-state index in [2.05, 4.69) is 31.4 Å². The molecule has 17 heavy (non-hydrogen) atoms. The number of hydrogen-bond donors (Lipinski definition) is 2. The topological polar surface area (TPSA) is 63.3 Å². The Kier molecular flexibility index (Phi) is 3.70. The van der Waals surface area contributed by atoms with Gasteiger partial charge in [-0.2, -0.15) is 5.10 Å². The van der Waals surface area contributed by atoms with Crippen molar-refractivity contribution in [1.29, 1.82) is 0 Å². The Morgan fingerprint density at radius 3 is 3.00 bits per heavy atom. The molecule has 0 bridgehead atoms. The first-order valence-electron chi connectivity index (χ1n) is 4.60. The molecule has 1 heterocycles. The SMILES string of the molecule is Nc1csc(NN=Cc2ccc(F)c(Br)c2)n1. The molecule has 3 N–H and O–H groups in total. The molecule has 0 radical (unpaired) electrons. The van der Waals surface area contributed by atoms with Crippen LogP contribution < -0.4 is 11.2 Å². The molecule has 0 aliphatic heterocycles. The predicted octanol–water partition coefficient (Wildman–Crippen LogP) is 3.07. The summed E-state index contributed by atoms with van der Waals surface area (Å²) in [6, 6.07) is 4.63. The van der Waals surface area contributed by atoms with Crippen LogP contribution in [-0.2, 0) is 0 Å². The van der Waals surface area contributed by atoms with Crippen molar-refractivity contribution in [2.24, 2.45) is 5.10 Å². The maximum absolute atomic E-state index is 13.0. The van der Waals surface area contributed by atoms with Gasteiger partial charge in [-0.05, 0) is 33.6 Å². The summed E-state index contributed by atoms with van der Waals surface area (Å²) < 4.78 is 13.4. The van der Waals surface area contributed by atoms with Crippen LogP contribution in [0.5, 0.6) is 0 Å². The van der Waals surface area contributed by atoms with Crippen molar-refractivity contribution in [3.63, 3.8) is 0 Å². The number of nitrogens with zero attached hydrogens (tertiary/aromatic N) is 2. The van der Waals surface area contributed by atoms with Crippen molar-refractivity contribution in [3.05, 3.63) is 39.4 Å². The summed E-state index contributed by atoms with van der Waals surface area (Å²) in [4.78, 5) is 3.98. The lowest BCUT2D eigenvalue weighted by atomic mass is 10.2. The van der Waals surface area contributed by atoms with E-state index in [9.17, 15) is 4.39 Å². The maximum atomic E-state index is 13.0. The molecule has 0 fully saturated rings. The number of aromatic nitrogens is 1. The van der Waals surface area contributed by atoms with E-state index in [1.165, 1.54) is 17.4 Å². The minimum Gasteiger partial charge on any atom is -0.383 e. The average molecular weight is 315 g/mol. The zero-order valence-electron chi connectivity index (χ0n) is 8.52. The molecule has 0 aliphatic carbocycles. The van der Waals surface area contributed by atoms with Crippen molar-refractivity contribution in [2.45, 2.75) is 0 Å². The zero-order chi connectivity index (χ0) is 12.3. The van der Waals surface area contributed by atoms with Crippen LogP contribution in [0.15, 0.2) is 33.2 Å². The third kappa shape index (κ3) is 3.24. The molecule has 88 valence electrons. The summed E-state index contributed by atoms with van der Waals surface area (Å²) >= 11 is 4.46. The fourth-order valence-electron chi connectivity index (χ4n) is 1.09. The Morgan fingerprint density at radius 2 is 2.35 bits per heavy atom. The summed E-state index contributed by atoms with van der Waals surface area (Å²) in [6.45, 7) is 0. The molecule has 0 saturated carbocycles. The smallest absolute Gasteiger partial charge is 0.205 e. The molecule has 0 saturated heterocycles. The molecule has 1 aromatic carbocycles. The largest absolute Gasteiger partial charge is 0.383 e. The fourth-order valence-corrected chi connectivity index (χ4v) is 2.04. The lowest BCUT2D eigenvalue weighted by Crippen LogP contribution is -1.91. The summed E-state index contributed by atoms with van der Waals surface area (Å²) in [6.07, 6.45) is 1.57. The van der Waals surface area contributed by atoms with Crippen LogP contribution in [0.25, 0.3) is 0 Å². The molecule has 4 nitrogen and oxygen atoms in total. The van der Waals surface area contributed by atoms with Gasteiger partial charge in [-0.15, -0.1) is 11.3 Å². The second-order valence-corrected chi connectivity index (χ2v) is 4.83. The number of benzene rings is 1. The van der Waals surface area contributed by atoms with Crippen molar-refractivity contribution in [3.8, 4) is 0 Å². The van der Waals surface area contributed by atoms with Crippen LogP contribution in [0.3, 0.4) is 0 Å². The van der Waals surface area contributed by atoms with Crippen LogP contribution >= 0.6 is 27.3 Å². The van der Waals surface area contributed by atoms with E-state index in [1.807, 2.05) is 0 Å². The van der Waals surface area contributed by atoms with Crippen molar-refractivity contribution in [1.82, 2.24) is 4.98 Å². The highest BCUT2D eigenvalue weighted by Crippen LogP contribution is 2.17. The lowest BCUT2D eigenvalue weighted by Gasteiger charge is -1.96. The Morgan fingerprint density at radius 1 is 1.53 bits per heavy atom. The fraction of sp³-hybridized carbons (Fsp3) is 0. The van der Waals surface area contributed by atoms with Gasteiger partial charge < -0.3 is 5.73 Å². The quantitative estimate of drug-likeness (QED) is 0.676. The van der Waals surface area contributed by atoms with Gasteiger partial charge in [0.1, 0.15) is 11.6 Å². The van der Waals surface area contributed by atoms with Gasteiger partial charge in [-0.25, -0.2) is 9.37 Å². The van der Waals surface area contributed by atoms with E-state index in [0.29, 0.717) is 15.4 Å². The second-order valence-electron chi connectivity index (χ2n) is 3.12. The summed E-state index contributed by atoms with van der Waals surface area (Å²) in [5, 5.41) is 6.30. The Balaban J connectivity index is 2.03. The molecule has 7 heteroatoms. The number of hydrazone groups is 1. The Labute approximate surface area is 110 Å². The Bertz CT molecular complexity index is 555. The number of nitrogens with two attached hydrogens (primary N) is 1. The van der Waals surface area contributed by atoms with Gasteiger partial charge in [-0.1, -0.05) is 6.07 Å². The molecule has 2 aromatic rings. The van der Waals surface area contributed by atoms with E-state index in [1.54, 1.807) is 23.7 Å². The van der Waals surface area contributed by atoms with Crippen LogP contribution in [0.4, 0.5) is 15.3 Å². The molecule has 0 amide bonds. The minimum atomic E-state index is -0.303. The van der Waals surface area contributed by atoms with Gasteiger partial charge in [0.25, 0.3) is 0 Å². The van der Waals surface area contributed by atoms with Crippen molar-refractivity contribution in [2.75, 3.05) is 11.2 Å². The molecule has 1 aromatic heterocycles. The van der Waals surface area contributed by atoms with E-state index in [-0.39, 0.29) is 5.82 Å². The maximum Gasteiger partial charge on any atom is 0.205 e. The van der Waals surface area contributed by atoms with Crippen molar-refractivity contribution >= 4 is 44.4 Å². The first-order chi connectivity index (χ1) is 8.15. The molecule has 0 spiro atoms. The van der Waals surface area contributed by atoms with Gasteiger partial charge in [0, 0.05) is 5.38 Å². The van der Waals surface area contributed by atoms with Crippen LogP contribution in [0.2, 0.25) is 0 Å². The number of anilines is 2. The van der Waals surface area contributed by atoms with E-state index < -0.39 is 0 Å². The number of rotatable bonds is 3. The second kappa shape index (κ2) is 5.24. The first-order valence-corrected chi connectivity index (χ1v) is 6.27. The average Bonchev–Trinajstić information content (AvgIpc) is 2.70. The predicted molar refractivity (Wildman–Crippen MR) is 71.8 cm³/mol. The number of nitrogen functional groups attached to an aromatic ring is 1. The minimum absolute atomic E-state index is 0.303. The molecule has 2 rings (SSSR count). The lowest BCUT2D eigenvalue weighted by molar-refractivity contribution is 0.621. The monoisotopic (exact) mass is 314 g/mol. The van der Waals surface area contributed by atoms with E-state index in [0.717, 1.165) is 5.56 Å². The van der Waals surface area contributed by atoms with Crippen LogP contribution in [0.1, 0.15) is 5.56 Å². The van der Waals surface area contributed by atoms with Crippen LogP contribution in [-0.4, -0.2) is 11.2 Å². The standard InChI is InChI=1S/C10H8BrFN4S/c11-7-3-6(1-2-8(7)12)4-14-16-10-15-9(13)5-17-10/h1-5H,13H2,(H,15,16). The van der Waals surface area contributed by atoms with Gasteiger partial charge in [-0.3, -0.25) is 5.43 Å².